The molecule has 0 spiro atoms. The molecule has 0 aliphatic carbocycles. The summed E-state index contributed by atoms with van der Waals surface area (Å²) >= 11 is 7.70. The van der Waals surface area contributed by atoms with Crippen molar-refractivity contribution in [2.75, 3.05) is 6.26 Å². The number of furan rings is 1. The van der Waals surface area contributed by atoms with Crippen molar-refractivity contribution in [1.29, 1.82) is 0 Å². The van der Waals surface area contributed by atoms with E-state index < -0.39 is 0 Å². The minimum Gasteiger partial charge on any atom is -0.460 e. The van der Waals surface area contributed by atoms with Crippen LogP contribution in [0.15, 0.2) is 27.5 Å². The van der Waals surface area contributed by atoms with Gasteiger partial charge in [-0.25, -0.2) is 0 Å². The number of halogens is 1. The fourth-order valence-corrected chi connectivity index (χ4v) is 2.69. The van der Waals surface area contributed by atoms with Gasteiger partial charge in [-0.1, -0.05) is 25.4 Å². The van der Waals surface area contributed by atoms with E-state index in [1.807, 2.05) is 18.2 Å². The quantitative estimate of drug-likeness (QED) is 0.691. The predicted octanol–water partition coefficient (Wildman–Crippen LogP) is 4.93. The van der Waals surface area contributed by atoms with Crippen LogP contribution in [-0.2, 0) is 0 Å². The highest BCUT2D eigenvalue weighted by Gasteiger charge is 2.16. The van der Waals surface area contributed by atoms with Crippen LogP contribution in [0.5, 0.6) is 0 Å². The van der Waals surface area contributed by atoms with Crippen LogP contribution in [0, 0.1) is 0 Å². The first-order chi connectivity index (χ1) is 7.13. The average Bonchev–Trinajstić information content (AvgIpc) is 2.55. The molecule has 0 bridgehead atoms. The van der Waals surface area contributed by atoms with E-state index in [-0.39, 0.29) is 0 Å². The lowest BCUT2D eigenvalue weighted by Crippen LogP contribution is -1.84. The van der Waals surface area contributed by atoms with Gasteiger partial charge in [-0.3, -0.25) is 0 Å². The third kappa shape index (κ3) is 1.88. The van der Waals surface area contributed by atoms with Crippen LogP contribution < -0.4 is 0 Å². The largest absolute Gasteiger partial charge is 0.460 e. The molecular weight excluding hydrogens is 228 g/mol. The molecule has 2 rings (SSSR count). The van der Waals surface area contributed by atoms with Gasteiger partial charge in [0, 0.05) is 16.3 Å². The number of hydrogen-bond donors (Lipinski definition) is 0. The zero-order valence-electron chi connectivity index (χ0n) is 9.00. The van der Waals surface area contributed by atoms with E-state index in [1.165, 1.54) is 4.90 Å². The molecule has 0 aliphatic heterocycles. The van der Waals surface area contributed by atoms with Crippen molar-refractivity contribution in [2.45, 2.75) is 24.7 Å². The number of thioether (sulfide) groups is 1. The van der Waals surface area contributed by atoms with Crippen molar-refractivity contribution in [3.05, 3.63) is 29.0 Å². The lowest BCUT2D eigenvalue weighted by Gasteiger charge is -2.01. The van der Waals surface area contributed by atoms with E-state index in [4.69, 9.17) is 16.0 Å². The molecule has 1 aromatic carbocycles. The van der Waals surface area contributed by atoms with Gasteiger partial charge in [0.05, 0.1) is 4.90 Å². The normalized spacial score (nSPS) is 11.5. The molecule has 1 heterocycles. The zero-order chi connectivity index (χ0) is 11.0. The molecule has 1 nitrogen and oxygen atoms in total. The summed E-state index contributed by atoms with van der Waals surface area (Å²) in [5.41, 5.74) is 0.924. The Bertz CT molecular complexity index is 488. The first kappa shape index (κ1) is 10.9. The molecule has 0 saturated heterocycles. The Morgan fingerprint density at radius 2 is 2.07 bits per heavy atom. The SMILES string of the molecule is CSc1c(C(C)C)oc2ccc(Cl)cc12. The van der Waals surface area contributed by atoms with Crippen LogP contribution in [0.1, 0.15) is 25.5 Å². The Balaban J connectivity index is 2.74. The summed E-state index contributed by atoms with van der Waals surface area (Å²) in [5, 5.41) is 1.88. The van der Waals surface area contributed by atoms with Gasteiger partial charge in [0.1, 0.15) is 11.3 Å². The molecule has 0 radical (unpaired) electrons. The van der Waals surface area contributed by atoms with E-state index in [9.17, 15) is 0 Å². The van der Waals surface area contributed by atoms with Crippen molar-refractivity contribution >= 4 is 34.3 Å². The molecule has 0 aliphatic rings. The van der Waals surface area contributed by atoms with Gasteiger partial charge in [0.25, 0.3) is 0 Å². The summed E-state index contributed by atoms with van der Waals surface area (Å²) in [7, 11) is 0. The maximum Gasteiger partial charge on any atom is 0.135 e. The lowest BCUT2D eigenvalue weighted by molar-refractivity contribution is 0.510. The number of benzene rings is 1. The van der Waals surface area contributed by atoms with E-state index in [1.54, 1.807) is 11.8 Å². The second-order valence-corrected chi connectivity index (χ2v) is 5.05. The van der Waals surface area contributed by atoms with Crippen LogP contribution in [0.3, 0.4) is 0 Å². The summed E-state index contributed by atoms with van der Waals surface area (Å²) in [6.45, 7) is 4.28. The smallest absolute Gasteiger partial charge is 0.135 e. The maximum absolute atomic E-state index is 5.99. The highest BCUT2D eigenvalue weighted by molar-refractivity contribution is 7.98. The van der Waals surface area contributed by atoms with Crippen molar-refractivity contribution < 1.29 is 4.42 Å². The number of fused-ring (bicyclic) bond motifs is 1. The fourth-order valence-electron chi connectivity index (χ4n) is 1.66. The minimum absolute atomic E-state index is 0.402. The van der Waals surface area contributed by atoms with Gasteiger partial charge in [0.2, 0.25) is 0 Å². The average molecular weight is 241 g/mol. The van der Waals surface area contributed by atoms with Crippen LogP contribution >= 0.6 is 23.4 Å². The van der Waals surface area contributed by atoms with Crippen molar-refractivity contribution in [2.24, 2.45) is 0 Å². The van der Waals surface area contributed by atoms with Gasteiger partial charge in [0.15, 0.2) is 0 Å². The van der Waals surface area contributed by atoms with Crippen LogP contribution in [0.4, 0.5) is 0 Å². The zero-order valence-corrected chi connectivity index (χ0v) is 10.6. The molecule has 1 aromatic heterocycles. The topological polar surface area (TPSA) is 13.1 Å². The van der Waals surface area contributed by atoms with Gasteiger partial charge >= 0.3 is 0 Å². The minimum atomic E-state index is 0.402. The van der Waals surface area contributed by atoms with Gasteiger partial charge in [-0.05, 0) is 24.5 Å². The van der Waals surface area contributed by atoms with Crippen LogP contribution in [-0.4, -0.2) is 6.26 Å². The Hall–Kier alpha value is -0.600. The monoisotopic (exact) mass is 240 g/mol. The Morgan fingerprint density at radius 3 is 2.67 bits per heavy atom. The molecular formula is C12H13ClOS. The van der Waals surface area contributed by atoms with Crippen molar-refractivity contribution in [1.82, 2.24) is 0 Å². The highest BCUT2D eigenvalue weighted by Crippen LogP contribution is 2.37. The molecule has 0 N–H and O–H groups in total. The highest BCUT2D eigenvalue weighted by atomic mass is 35.5. The number of hydrogen-bond acceptors (Lipinski definition) is 2. The summed E-state index contributed by atoms with van der Waals surface area (Å²) < 4.78 is 5.83. The van der Waals surface area contributed by atoms with E-state index >= 15 is 0 Å². The van der Waals surface area contributed by atoms with Crippen LogP contribution in [0.25, 0.3) is 11.0 Å². The summed E-state index contributed by atoms with van der Waals surface area (Å²) in [4.78, 5) is 1.21. The van der Waals surface area contributed by atoms with E-state index in [0.717, 1.165) is 21.8 Å². The molecule has 0 saturated carbocycles. The predicted molar refractivity (Wildman–Crippen MR) is 67.1 cm³/mol. The second kappa shape index (κ2) is 4.11. The van der Waals surface area contributed by atoms with Crippen molar-refractivity contribution in [3.8, 4) is 0 Å². The molecule has 0 amide bonds. The maximum atomic E-state index is 5.99. The third-order valence-corrected chi connectivity index (χ3v) is 3.42. The van der Waals surface area contributed by atoms with Gasteiger partial charge in [-0.15, -0.1) is 11.8 Å². The summed E-state index contributed by atoms with van der Waals surface area (Å²) in [5.74, 6) is 1.46. The molecule has 80 valence electrons. The van der Waals surface area contributed by atoms with Crippen LogP contribution in [0.2, 0.25) is 5.02 Å². The second-order valence-electron chi connectivity index (χ2n) is 3.79. The molecule has 15 heavy (non-hydrogen) atoms. The molecule has 0 atom stereocenters. The van der Waals surface area contributed by atoms with Crippen molar-refractivity contribution in [3.63, 3.8) is 0 Å². The Morgan fingerprint density at radius 1 is 1.33 bits per heavy atom. The number of rotatable bonds is 2. The van der Waals surface area contributed by atoms with E-state index in [0.29, 0.717) is 5.92 Å². The van der Waals surface area contributed by atoms with Gasteiger partial charge in [-0.2, -0.15) is 0 Å². The first-order valence-corrected chi connectivity index (χ1v) is 6.49. The lowest BCUT2D eigenvalue weighted by atomic mass is 10.1. The molecule has 2 aromatic rings. The molecule has 0 fully saturated rings. The summed E-state index contributed by atoms with van der Waals surface area (Å²) in [6, 6.07) is 5.77. The third-order valence-electron chi connectivity index (χ3n) is 2.36. The first-order valence-electron chi connectivity index (χ1n) is 4.89. The Labute approximate surface area is 98.8 Å². The molecule has 0 unspecified atom stereocenters. The standard InChI is InChI=1S/C12H13ClOS/c1-7(2)11-12(15-3)9-6-8(13)4-5-10(9)14-11/h4-7H,1-3H3. The Kier molecular flexibility index (Phi) is 2.98. The fraction of sp³-hybridized carbons (Fsp3) is 0.333. The van der Waals surface area contributed by atoms with Gasteiger partial charge < -0.3 is 4.42 Å². The summed E-state index contributed by atoms with van der Waals surface area (Å²) in [6.07, 6.45) is 2.07. The molecule has 3 heteroatoms. The van der Waals surface area contributed by atoms with E-state index in [2.05, 4.69) is 20.1 Å².